The SMILES string of the molecule is CCN(Cc1nc2sc3c(c2c(=O)[nH]1)CCC3)CC(O)Cc1ccccc1. The molecule has 4 rings (SSSR count). The second-order valence-electron chi connectivity index (χ2n) is 7.22. The lowest BCUT2D eigenvalue weighted by Gasteiger charge is -2.23. The van der Waals surface area contributed by atoms with Crippen LogP contribution in [-0.2, 0) is 25.8 Å². The fourth-order valence-electron chi connectivity index (χ4n) is 3.89. The molecular weight excluding hydrogens is 358 g/mol. The summed E-state index contributed by atoms with van der Waals surface area (Å²) in [5, 5.41) is 11.3. The number of hydrogen-bond donors (Lipinski definition) is 2. The first kappa shape index (κ1) is 18.3. The van der Waals surface area contributed by atoms with Gasteiger partial charge < -0.3 is 10.1 Å². The molecule has 0 saturated heterocycles. The maximum absolute atomic E-state index is 12.6. The number of H-pyrrole nitrogens is 1. The van der Waals surface area contributed by atoms with Crippen LogP contribution in [0.3, 0.4) is 0 Å². The quantitative estimate of drug-likeness (QED) is 0.658. The van der Waals surface area contributed by atoms with Gasteiger partial charge in [-0.1, -0.05) is 37.3 Å². The molecule has 1 aliphatic rings. The van der Waals surface area contributed by atoms with E-state index in [0.29, 0.717) is 25.3 Å². The molecular formula is C21H25N3O2S. The maximum Gasteiger partial charge on any atom is 0.259 e. The number of aliphatic hydroxyl groups excluding tert-OH is 1. The van der Waals surface area contributed by atoms with E-state index in [4.69, 9.17) is 4.98 Å². The summed E-state index contributed by atoms with van der Waals surface area (Å²) in [5.74, 6) is 0.682. The lowest BCUT2D eigenvalue weighted by molar-refractivity contribution is 0.110. The molecule has 1 unspecified atom stereocenters. The second kappa shape index (κ2) is 7.92. The average molecular weight is 384 g/mol. The van der Waals surface area contributed by atoms with Crippen molar-refractivity contribution in [2.24, 2.45) is 0 Å². The molecule has 0 saturated carbocycles. The molecule has 1 atom stereocenters. The maximum atomic E-state index is 12.6. The van der Waals surface area contributed by atoms with Gasteiger partial charge in [-0.05, 0) is 43.4 Å². The van der Waals surface area contributed by atoms with Crippen molar-refractivity contribution in [3.05, 3.63) is 62.5 Å². The van der Waals surface area contributed by atoms with Gasteiger partial charge in [-0.15, -0.1) is 11.3 Å². The first-order valence-corrected chi connectivity index (χ1v) is 10.4. The molecule has 5 nitrogen and oxygen atoms in total. The normalized spacial score (nSPS) is 14.8. The zero-order valence-electron chi connectivity index (χ0n) is 15.6. The zero-order valence-corrected chi connectivity index (χ0v) is 16.4. The third kappa shape index (κ3) is 3.98. The molecule has 0 aliphatic heterocycles. The van der Waals surface area contributed by atoms with Crippen molar-refractivity contribution in [1.82, 2.24) is 14.9 Å². The number of likely N-dealkylation sites (N-methyl/N-ethyl adjacent to an activating group) is 1. The van der Waals surface area contributed by atoms with E-state index in [-0.39, 0.29) is 5.56 Å². The number of hydrogen-bond acceptors (Lipinski definition) is 5. The number of fused-ring (bicyclic) bond motifs is 3. The largest absolute Gasteiger partial charge is 0.391 e. The van der Waals surface area contributed by atoms with Crippen molar-refractivity contribution >= 4 is 21.6 Å². The summed E-state index contributed by atoms with van der Waals surface area (Å²) >= 11 is 1.67. The summed E-state index contributed by atoms with van der Waals surface area (Å²) in [6, 6.07) is 10.0. The van der Waals surface area contributed by atoms with Gasteiger partial charge in [0.25, 0.3) is 5.56 Å². The lowest BCUT2D eigenvalue weighted by atomic mass is 10.1. The Morgan fingerprint density at radius 2 is 2.11 bits per heavy atom. The molecule has 0 amide bonds. The van der Waals surface area contributed by atoms with Crippen LogP contribution in [-0.4, -0.2) is 39.2 Å². The number of aromatic nitrogens is 2. The van der Waals surface area contributed by atoms with Crippen molar-refractivity contribution in [1.29, 1.82) is 0 Å². The van der Waals surface area contributed by atoms with Crippen LogP contribution < -0.4 is 5.56 Å². The van der Waals surface area contributed by atoms with Gasteiger partial charge >= 0.3 is 0 Å². The van der Waals surface area contributed by atoms with Crippen LogP contribution >= 0.6 is 11.3 Å². The van der Waals surface area contributed by atoms with Crippen LogP contribution in [0.2, 0.25) is 0 Å². The van der Waals surface area contributed by atoms with Crippen LogP contribution in [0.5, 0.6) is 0 Å². The van der Waals surface area contributed by atoms with Crippen molar-refractivity contribution in [2.45, 2.75) is 45.3 Å². The summed E-state index contributed by atoms with van der Waals surface area (Å²) in [7, 11) is 0. The summed E-state index contributed by atoms with van der Waals surface area (Å²) in [5.41, 5.74) is 2.32. The molecule has 0 fully saturated rings. The fraction of sp³-hybridized carbons (Fsp3) is 0.429. The highest BCUT2D eigenvalue weighted by atomic mass is 32.1. The molecule has 3 aromatic rings. The van der Waals surface area contributed by atoms with E-state index < -0.39 is 6.10 Å². The van der Waals surface area contributed by atoms with E-state index in [9.17, 15) is 9.90 Å². The summed E-state index contributed by atoms with van der Waals surface area (Å²) in [6.07, 6.45) is 3.37. The number of nitrogens with one attached hydrogen (secondary N) is 1. The molecule has 27 heavy (non-hydrogen) atoms. The van der Waals surface area contributed by atoms with E-state index in [1.807, 2.05) is 30.3 Å². The van der Waals surface area contributed by atoms with Gasteiger partial charge in [-0.3, -0.25) is 9.69 Å². The van der Waals surface area contributed by atoms with E-state index in [1.54, 1.807) is 11.3 Å². The molecule has 0 radical (unpaired) electrons. The molecule has 6 heteroatoms. The van der Waals surface area contributed by atoms with E-state index in [2.05, 4.69) is 16.8 Å². The molecule has 142 valence electrons. The van der Waals surface area contributed by atoms with E-state index >= 15 is 0 Å². The van der Waals surface area contributed by atoms with Crippen molar-refractivity contribution in [3.63, 3.8) is 0 Å². The number of aromatic amines is 1. The summed E-state index contributed by atoms with van der Waals surface area (Å²) in [4.78, 5) is 24.6. The molecule has 2 aromatic heterocycles. The molecule has 1 aliphatic carbocycles. The van der Waals surface area contributed by atoms with Gasteiger partial charge in [0.1, 0.15) is 10.7 Å². The fourth-order valence-corrected chi connectivity index (χ4v) is 5.17. The highest BCUT2D eigenvalue weighted by Gasteiger charge is 2.21. The number of rotatable bonds is 7. The highest BCUT2D eigenvalue weighted by Crippen LogP contribution is 2.34. The Morgan fingerprint density at radius 3 is 2.89 bits per heavy atom. The highest BCUT2D eigenvalue weighted by molar-refractivity contribution is 7.18. The third-order valence-electron chi connectivity index (χ3n) is 5.23. The standard InChI is InChI=1S/C21H25N3O2S/c1-2-24(12-15(25)11-14-7-4-3-5-8-14)13-18-22-20(26)19-16-9-6-10-17(16)27-21(19)23-18/h3-5,7-8,15,25H,2,6,9-13H2,1H3,(H,22,23,26). The second-order valence-corrected chi connectivity index (χ2v) is 8.31. The molecule has 1 aromatic carbocycles. The first-order valence-electron chi connectivity index (χ1n) is 9.61. The van der Waals surface area contributed by atoms with Crippen molar-refractivity contribution < 1.29 is 5.11 Å². The predicted molar refractivity (Wildman–Crippen MR) is 109 cm³/mol. The van der Waals surface area contributed by atoms with Gasteiger partial charge in [-0.25, -0.2) is 4.98 Å². The first-order chi connectivity index (χ1) is 13.1. The van der Waals surface area contributed by atoms with Gasteiger partial charge in [0, 0.05) is 11.4 Å². The Hall–Kier alpha value is -2.02. The Balaban J connectivity index is 1.47. The van der Waals surface area contributed by atoms with Crippen LogP contribution in [0.15, 0.2) is 35.1 Å². The zero-order chi connectivity index (χ0) is 18.8. The number of benzene rings is 1. The van der Waals surface area contributed by atoms with Crippen LogP contribution in [0.25, 0.3) is 10.2 Å². The monoisotopic (exact) mass is 383 g/mol. The van der Waals surface area contributed by atoms with E-state index in [1.165, 1.54) is 10.4 Å². The lowest BCUT2D eigenvalue weighted by Crippen LogP contribution is -2.34. The molecule has 2 heterocycles. The van der Waals surface area contributed by atoms with Crippen molar-refractivity contribution in [2.75, 3.05) is 13.1 Å². The Bertz CT molecular complexity index is 980. The minimum Gasteiger partial charge on any atom is -0.391 e. The van der Waals surface area contributed by atoms with E-state index in [0.717, 1.165) is 41.6 Å². The van der Waals surface area contributed by atoms with Gasteiger partial charge in [-0.2, -0.15) is 0 Å². The number of nitrogens with zero attached hydrogens (tertiary/aromatic N) is 2. The third-order valence-corrected chi connectivity index (χ3v) is 6.41. The Morgan fingerprint density at radius 1 is 1.30 bits per heavy atom. The molecule has 0 bridgehead atoms. The van der Waals surface area contributed by atoms with Crippen LogP contribution in [0.4, 0.5) is 0 Å². The number of aryl methyl sites for hydroxylation is 2. The minimum absolute atomic E-state index is 0.0183. The summed E-state index contributed by atoms with van der Waals surface area (Å²) < 4.78 is 0. The Kier molecular flexibility index (Phi) is 5.38. The van der Waals surface area contributed by atoms with Crippen molar-refractivity contribution in [3.8, 4) is 0 Å². The van der Waals surface area contributed by atoms with Crippen LogP contribution in [0, 0.1) is 0 Å². The smallest absolute Gasteiger partial charge is 0.259 e. The number of thiophene rings is 1. The molecule has 2 N–H and O–H groups in total. The summed E-state index contributed by atoms with van der Waals surface area (Å²) in [6.45, 7) is 3.93. The number of aliphatic hydroxyl groups is 1. The average Bonchev–Trinajstić information content (AvgIpc) is 3.22. The van der Waals surface area contributed by atoms with Gasteiger partial charge in [0.15, 0.2) is 0 Å². The topological polar surface area (TPSA) is 69.2 Å². The van der Waals surface area contributed by atoms with Gasteiger partial charge in [0.05, 0.1) is 18.0 Å². The Labute approximate surface area is 162 Å². The van der Waals surface area contributed by atoms with Crippen LogP contribution in [0.1, 0.15) is 35.2 Å². The minimum atomic E-state index is -0.451. The molecule has 0 spiro atoms. The van der Waals surface area contributed by atoms with Gasteiger partial charge in [0.2, 0.25) is 0 Å². The predicted octanol–water partition coefficient (Wildman–Crippen LogP) is 2.90.